The van der Waals surface area contributed by atoms with Gasteiger partial charge >= 0.3 is 5.69 Å². The number of hydrogen-bond acceptors (Lipinski definition) is 5. The molecule has 1 N–H and O–H groups in total. The van der Waals surface area contributed by atoms with Gasteiger partial charge in [0.15, 0.2) is 0 Å². The van der Waals surface area contributed by atoms with Gasteiger partial charge in [0.05, 0.1) is 10.6 Å². The first-order valence-corrected chi connectivity index (χ1v) is 10.2. The van der Waals surface area contributed by atoms with Gasteiger partial charge < -0.3 is 9.84 Å². The summed E-state index contributed by atoms with van der Waals surface area (Å²) in [4.78, 5) is 14.6. The summed E-state index contributed by atoms with van der Waals surface area (Å²) in [5.74, 6) is 0.915. The number of nitro groups is 1. The minimum Gasteiger partial charge on any atom is -0.502 e. The Morgan fingerprint density at radius 1 is 1.10 bits per heavy atom. The number of benzene rings is 3. The smallest absolute Gasteiger partial charge is 0.312 e. The molecule has 0 atom stereocenters. The molecule has 3 rings (SSSR count). The van der Waals surface area contributed by atoms with Gasteiger partial charge in [-0.3, -0.25) is 15.1 Å². The SMILES string of the molecule is CCC(C)(C)c1ccc(Oc2ccc(N=Cc3cc(Cl)cc([N+](=O)[O-])c3O)cc2)cc1. The Kier molecular flexibility index (Phi) is 6.61. The topological polar surface area (TPSA) is 85.0 Å². The minimum absolute atomic E-state index is 0.121. The van der Waals surface area contributed by atoms with Crippen LogP contribution in [0.2, 0.25) is 5.02 Å². The Hall–Kier alpha value is -3.38. The molecule has 3 aromatic carbocycles. The van der Waals surface area contributed by atoms with Crippen LogP contribution in [0.15, 0.2) is 65.7 Å². The standard InChI is InChI=1S/C24H23ClN2O4/c1-4-24(2,3)17-5-9-20(10-6-17)31-21-11-7-19(8-12-21)26-15-16-13-18(25)14-22(23(16)28)27(29)30/h5-15,28H,4H2,1-3H3. The molecule has 160 valence electrons. The number of halogens is 1. The molecule has 0 radical (unpaired) electrons. The number of aromatic hydroxyl groups is 1. The molecule has 0 amide bonds. The lowest BCUT2D eigenvalue weighted by Crippen LogP contribution is -2.14. The Balaban J connectivity index is 1.72. The number of nitro benzene ring substituents is 1. The van der Waals surface area contributed by atoms with Crippen molar-refractivity contribution >= 4 is 29.2 Å². The Morgan fingerprint density at radius 3 is 2.23 bits per heavy atom. The van der Waals surface area contributed by atoms with E-state index < -0.39 is 16.4 Å². The molecule has 31 heavy (non-hydrogen) atoms. The fraction of sp³-hybridized carbons (Fsp3) is 0.208. The summed E-state index contributed by atoms with van der Waals surface area (Å²) in [7, 11) is 0. The Morgan fingerprint density at radius 2 is 1.68 bits per heavy atom. The minimum atomic E-state index is -0.694. The van der Waals surface area contributed by atoms with E-state index in [2.05, 4.69) is 37.9 Å². The maximum atomic E-state index is 11.0. The van der Waals surface area contributed by atoms with Gasteiger partial charge in [0.1, 0.15) is 11.5 Å². The lowest BCUT2D eigenvalue weighted by atomic mass is 9.82. The van der Waals surface area contributed by atoms with E-state index >= 15 is 0 Å². The third-order valence-electron chi connectivity index (χ3n) is 5.23. The van der Waals surface area contributed by atoms with Crippen LogP contribution < -0.4 is 4.74 Å². The molecule has 0 bridgehead atoms. The third-order valence-corrected chi connectivity index (χ3v) is 5.44. The number of aliphatic imine (C=N–C) groups is 1. The fourth-order valence-corrected chi connectivity index (χ4v) is 3.12. The second-order valence-electron chi connectivity index (χ2n) is 7.74. The van der Waals surface area contributed by atoms with Gasteiger partial charge in [0.2, 0.25) is 5.75 Å². The summed E-state index contributed by atoms with van der Waals surface area (Å²) in [6, 6.07) is 17.6. The summed E-state index contributed by atoms with van der Waals surface area (Å²) in [6.07, 6.45) is 2.38. The van der Waals surface area contributed by atoms with Crippen molar-refractivity contribution < 1.29 is 14.8 Å². The summed E-state index contributed by atoms with van der Waals surface area (Å²) < 4.78 is 5.89. The number of nitrogens with zero attached hydrogens (tertiary/aromatic N) is 2. The molecule has 0 fully saturated rings. The lowest BCUT2D eigenvalue weighted by molar-refractivity contribution is -0.385. The van der Waals surface area contributed by atoms with Gasteiger partial charge in [-0.25, -0.2) is 0 Å². The van der Waals surface area contributed by atoms with Crippen LogP contribution >= 0.6 is 11.6 Å². The second kappa shape index (κ2) is 9.18. The van der Waals surface area contributed by atoms with Crippen molar-refractivity contribution in [3.05, 3.63) is 86.9 Å². The largest absolute Gasteiger partial charge is 0.502 e. The average Bonchev–Trinajstić information content (AvgIpc) is 2.75. The molecule has 0 saturated heterocycles. The zero-order valence-corrected chi connectivity index (χ0v) is 18.3. The molecule has 6 nitrogen and oxygen atoms in total. The van der Waals surface area contributed by atoms with Crippen LogP contribution in [-0.4, -0.2) is 16.2 Å². The third kappa shape index (κ3) is 5.41. The predicted molar refractivity (Wildman–Crippen MR) is 123 cm³/mol. The van der Waals surface area contributed by atoms with E-state index in [0.717, 1.165) is 18.2 Å². The predicted octanol–water partition coefficient (Wildman–Crippen LogP) is 7.18. The van der Waals surface area contributed by atoms with Crippen LogP contribution in [0.1, 0.15) is 38.3 Å². The van der Waals surface area contributed by atoms with Crippen molar-refractivity contribution in [2.75, 3.05) is 0 Å². The number of ether oxygens (including phenoxy) is 1. The zero-order valence-electron chi connectivity index (χ0n) is 17.5. The van der Waals surface area contributed by atoms with Crippen LogP contribution in [0, 0.1) is 10.1 Å². The maximum absolute atomic E-state index is 11.0. The number of hydrogen-bond donors (Lipinski definition) is 1. The van der Waals surface area contributed by atoms with Crippen molar-refractivity contribution in [3.8, 4) is 17.2 Å². The van der Waals surface area contributed by atoms with E-state index in [9.17, 15) is 15.2 Å². The molecule has 7 heteroatoms. The van der Waals surface area contributed by atoms with Gasteiger partial charge in [0.25, 0.3) is 0 Å². The summed E-state index contributed by atoms with van der Waals surface area (Å²) in [5, 5.41) is 21.2. The highest BCUT2D eigenvalue weighted by atomic mass is 35.5. The monoisotopic (exact) mass is 438 g/mol. The molecule has 0 aliphatic heterocycles. The molecule has 0 aromatic heterocycles. The highest BCUT2D eigenvalue weighted by Gasteiger charge is 2.18. The van der Waals surface area contributed by atoms with Crippen LogP contribution in [0.3, 0.4) is 0 Å². The van der Waals surface area contributed by atoms with E-state index in [1.165, 1.54) is 17.8 Å². The highest BCUT2D eigenvalue weighted by Crippen LogP contribution is 2.33. The van der Waals surface area contributed by atoms with Crippen molar-refractivity contribution in [2.24, 2.45) is 4.99 Å². The van der Waals surface area contributed by atoms with Crippen molar-refractivity contribution in [1.29, 1.82) is 0 Å². The molecule has 0 unspecified atom stereocenters. The quantitative estimate of drug-likeness (QED) is 0.240. The molecular formula is C24H23ClN2O4. The molecule has 0 heterocycles. The van der Waals surface area contributed by atoms with Crippen molar-refractivity contribution in [2.45, 2.75) is 32.6 Å². The molecule has 0 spiro atoms. The van der Waals surface area contributed by atoms with Gasteiger partial charge in [-0.05, 0) is 59.9 Å². The van der Waals surface area contributed by atoms with Gasteiger partial charge in [-0.1, -0.05) is 44.5 Å². The van der Waals surface area contributed by atoms with Gasteiger partial charge in [0, 0.05) is 22.9 Å². The Bertz CT molecular complexity index is 1110. The van der Waals surface area contributed by atoms with E-state index in [-0.39, 0.29) is 16.0 Å². The summed E-state index contributed by atoms with van der Waals surface area (Å²) >= 11 is 5.89. The number of rotatable bonds is 7. The highest BCUT2D eigenvalue weighted by molar-refractivity contribution is 6.31. The first-order chi connectivity index (χ1) is 14.7. The van der Waals surface area contributed by atoms with Gasteiger partial charge in [-0.2, -0.15) is 0 Å². The fourth-order valence-electron chi connectivity index (χ4n) is 2.90. The second-order valence-corrected chi connectivity index (χ2v) is 8.17. The first kappa shape index (κ1) is 22.3. The van der Waals surface area contributed by atoms with E-state index in [4.69, 9.17) is 16.3 Å². The number of phenols is 1. The normalized spacial score (nSPS) is 11.6. The van der Waals surface area contributed by atoms with E-state index in [0.29, 0.717) is 11.4 Å². The molecule has 0 saturated carbocycles. The van der Waals surface area contributed by atoms with Crippen LogP contribution in [0.5, 0.6) is 17.2 Å². The Labute approximate surface area is 185 Å². The van der Waals surface area contributed by atoms with Crippen molar-refractivity contribution in [1.82, 2.24) is 0 Å². The van der Waals surface area contributed by atoms with Crippen molar-refractivity contribution in [3.63, 3.8) is 0 Å². The first-order valence-electron chi connectivity index (χ1n) is 9.79. The average molecular weight is 439 g/mol. The summed E-state index contributed by atoms with van der Waals surface area (Å²) in [5.41, 5.74) is 1.67. The maximum Gasteiger partial charge on any atom is 0.312 e. The van der Waals surface area contributed by atoms with E-state index in [1.807, 2.05) is 12.1 Å². The van der Waals surface area contributed by atoms with Crippen LogP contribution in [0.4, 0.5) is 11.4 Å². The molecule has 3 aromatic rings. The number of phenolic OH excluding ortho intramolecular Hbond substituents is 1. The lowest BCUT2D eigenvalue weighted by Gasteiger charge is -2.23. The summed E-state index contributed by atoms with van der Waals surface area (Å²) in [6.45, 7) is 6.59. The molecular weight excluding hydrogens is 416 g/mol. The molecule has 0 aliphatic carbocycles. The van der Waals surface area contributed by atoms with Crippen LogP contribution in [-0.2, 0) is 5.41 Å². The zero-order chi connectivity index (χ0) is 22.6. The molecule has 0 aliphatic rings. The van der Waals surface area contributed by atoms with E-state index in [1.54, 1.807) is 24.3 Å². The van der Waals surface area contributed by atoms with Crippen LogP contribution in [0.25, 0.3) is 0 Å². The van der Waals surface area contributed by atoms with Gasteiger partial charge in [-0.15, -0.1) is 0 Å².